The number of hydrogen-bond donors (Lipinski definition) is 0. The Hall–Kier alpha value is -2.09. The molecule has 0 spiro atoms. The summed E-state index contributed by atoms with van der Waals surface area (Å²) < 4.78 is 27.7. The molecule has 2 aromatic carbocycles. The van der Waals surface area contributed by atoms with Crippen molar-refractivity contribution in [3.8, 4) is 0 Å². The van der Waals surface area contributed by atoms with Crippen molar-refractivity contribution in [1.82, 2.24) is 9.80 Å². The number of halogens is 1. The second-order valence-electron chi connectivity index (χ2n) is 6.62. The van der Waals surface area contributed by atoms with Gasteiger partial charge in [-0.05, 0) is 42.9 Å². The summed E-state index contributed by atoms with van der Waals surface area (Å²) >= 11 is 5.95. The van der Waals surface area contributed by atoms with Crippen molar-refractivity contribution >= 4 is 33.2 Å². The first-order valence-electron chi connectivity index (χ1n) is 9.25. The maximum Gasteiger partial charge on any atom is 0.264 e. The van der Waals surface area contributed by atoms with Gasteiger partial charge in [0.25, 0.3) is 10.0 Å². The molecule has 1 amide bonds. The van der Waals surface area contributed by atoms with E-state index >= 15 is 0 Å². The normalized spacial score (nSPS) is 15.4. The highest BCUT2D eigenvalue weighted by Crippen LogP contribution is 2.25. The van der Waals surface area contributed by atoms with E-state index in [0.717, 1.165) is 23.9 Å². The summed E-state index contributed by atoms with van der Waals surface area (Å²) in [4.78, 5) is 17.0. The highest BCUT2D eigenvalue weighted by molar-refractivity contribution is 7.92. The van der Waals surface area contributed by atoms with Gasteiger partial charge in [-0.25, -0.2) is 8.42 Å². The largest absolute Gasteiger partial charge is 0.339 e. The van der Waals surface area contributed by atoms with Crippen molar-refractivity contribution in [3.63, 3.8) is 0 Å². The van der Waals surface area contributed by atoms with Crippen molar-refractivity contribution in [2.45, 2.75) is 11.8 Å². The maximum atomic E-state index is 13.2. The van der Waals surface area contributed by atoms with Crippen molar-refractivity contribution in [2.75, 3.05) is 43.6 Å². The van der Waals surface area contributed by atoms with Crippen LogP contribution in [0.2, 0.25) is 5.02 Å². The van der Waals surface area contributed by atoms with Gasteiger partial charge in [0.1, 0.15) is 6.54 Å². The molecule has 150 valence electrons. The van der Waals surface area contributed by atoms with Gasteiger partial charge in [-0.3, -0.25) is 9.10 Å². The Kier molecular flexibility index (Phi) is 6.59. The Balaban J connectivity index is 1.87. The molecule has 0 saturated carbocycles. The molecule has 0 bridgehead atoms. The number of carbonyl (C=O) groups excluding carboxylic acids is 1. The first-order chi connectivity index (χ1) is 13.4. The van der Waals surface area contributed by atoms with E-state index < -0.39 is 10.0 Å². The summed E-state index contributed by atoms with van der Waals surface area (Å²) in [5.74, 6) is -0.204. The van der Waals surface area contributed by atoms with Crippen molar-refractivity contribution < 1.29 is 13.2 Å². The summed E-state index contributed by atoms with van der Waals surface area (Å²) in [5, 5.41) is 0.503. The minimum absolute atomic E-state index is 0.147. The number of benzene rings is 2. The van der Waals surface area contributed by atoms with E-state index in [1.54, 1.807) is 47.4 Å². The summed E-state index contributed by atoms with van der Waals surface area (Å²) in [6, 6.07) is 14.6. The summed E-state index contributed by atoms with van der Waals surface area (Å²) in [6.07, 6.45) is 0. The second kappa shape index (κ2) is 8.94. The number of piperazine rings is 1. The molecule has 6 nitrogen and oxygen atoms in total. The number of hydrogen-bond acceptors (Lipinski definition) is 4. The van der Waals surface area contributed by atoms with E-state index in [-0.39, 0.29) is 17.3 Å². The molecule has 1 fully saturated rings. The van der Waals surface area contributed by atoms with Crippen molar-refractivity contribution in [3.05, 3.63) is 59.6 Å². The van der Waals surface area contributed by atoms with Gasteiger partial charge in [0, 0.05) is 31.2 Å². The predicted octanol–water partition coefficient (Wildman–Crippen LogP) is 2.70. The molecular weight excluding hydrogens is 398 g/mol. The van der Waals surface area contributed by atoms with Crippen LogP contribution in [0.4, 0.5) is 5.69 Å². The zero-order valence-electron chi connectivity index (χ0n) is 15.8. The molecule has 0 aromatic heterocycles. The number of nitrogens with zero attached hydrogens (tertiary/aromatic N) is 3. The minimum Gasteiger partial charge on any atom is -0.339 e. The molecule has 3 rings (SSSR count). The third-order valence-corrected chi connectivity index (χ3v) is 6.94. The highest BCUT2D eigenvalue weighted by Gasteiger charge is 2.29. The summed E-state index contributed by atoms with van der Waals surface area (Å²) in [5.41, 5.74) is 0.411. The summed E-state index contributed by atoms with van der Waals surface area (Å²) in [6.45, 7) is 5.60. The van der Waals surface area contributed by atoms with E-state index in [1.165, 1.54) is 12.1 Å². The number of likely N-dealkylation sites (N-methyl/N-ethyl adjacent to an activating group) is 1. The average molecular weight is 422 g/mol. The van der Waals surface area contributed by atoms with Crippen LogP contribution in [-0.4, -0.2) is 63.4 Å². The zero-order chi connectivity index (χ0) is 20.1. The highest BCUT2D eigenvalue weighted by atomic mass is 35.5. The quantitative estimate of drug-likeness (QED) is 0.719. The fourth-order valence-corrected chi connectivity index (χ4v) is 4.74. The smallest absolute Gasteiger partial charge is 0.264 e. The number of carbonyl (C=O) groups is 1. The molecule has 0 radical (unpaired) electrons. The lowest BCUT2D eigenvalue weighted by Gasteiger charge is -2.35. The van der Waals surface area contributed by atoms with Crippen LogP contribution in [0.5, 0.6) is 0 Å². The van der Waals surface area contributed by atoms with Gasteiger partial charge in [-0.15, -0.1) is 0 Å². The number of anilines is 1. The SMILES string of the molecule is CCN1CCN(C(=O)CN(c2ccc(Cl)cc2)S(=O)(=O)c2ccccc2)CC1. The zero-order valence-corrected chi connectivity index (χ0v) is 17.4. The lowest BCUT2D eigenvalue weighted by molar-refractivity contribution is -0.131. The fourth-order valence-electron chi connectivity index (χ4n) is 3.18. The van der Waals surface area contributed by atoms with Gasteiger partial charge in [0.05, 0.1) is 10.6 Å². The average Bonchev–Trinajstić information content (AvgIpc) is 2.73. The molecule has 2 aromatic rings. The van der Waals surface area contributed by atoms with Crippen molar-refractivity contribution in [2.24, 2.45) is 0 Å². The second-order valence-corrected chi connectivity index (χ2v) is 8.91. The topological polar surface area (TPSA) is 60.9 Å². The van der Waals surface area contributed by atoms with Crippen LogP contribution in [0, 0.1) is 0 Å². The van der Waals surface area contributed by atoms with Crippen LogP contribution < -0.4 is 4.31 Å². The Bertz CT molecular complexity index is 896. The van der Waals surface area contributed by atoms with E-state index in [1.807, 2.05) is 0 Å². The van der Waals surface area contributed by atoms with E-state index in [2.05, 4.69) is 11.8 Å². The van der Waals surface area contributed by atoms with E-state index in [9.17, 15) is 13.2 Å². The van der Waals surface area contributed by atoms with E-state index in [0.29, 0.717) is 23.8 Å². The Morgan fingerprint density at radius 1 is 1.00 bits per heavy atom. The molecule has 8 heteroatoms. The van der Waals surface area contributed by atoms with Crippen LogP contribution in [0.15, 0.2) is 59.5 Å². The van der Waals surface area contributed by atoms with Gasteiger partial charge in [0.15, 0.2) is 0 Å². The third kappa shape index (κ3) is 4.66. The molecular formula is C20H24ClN3O3S. The van der Waals surface area contributed by atoms with Crippen LogP contribution in [0.25, 0.3) is 0 Å². The Labute approximate surface area is 171 Å². The Morgan fingerprint density at radius 2 is 1.61 bits per heavy atom. The van der Waals surface area contributed by atoms with Gasteiger partial charge in [-0.2, -0.15) is 0 Å². The van der Waals surface area contributed by atoms with Gasteiger partial charge < -0.3 is 9.80 Å². The maximum absolute atomic E-state index is 13.2. The van der Waals surface area contributed by atoms with Crippen molar-refractivity contribution in [1.29, 1.82) is 0 Å². The molecule has 1 aliphatic heterocycles. The molecule has 28 heavy (non-hydrogen) atoms. The molecule has 0 atom stereocenters. The lowest BCUT2D eigenvalue weighted by atomic mass is 10.3. The van der Waals surface area contributed by atoms with Gasteiger partial charge >= 0.3 is 0 Å². The van der Waals surface area contributed by atoms with Gasteiger partial charge in [-0.1, -0.05) is 36.7 Å². The molecule has 1 heterocycles. The molecule has 0 unspecified atom stereocenters. The number of amides is 1. The van der Waals surface area contributed by atoms with Crippen LogP contribution >= 0.6 is 11.6 Å². The first kappa shape index (κ1) is 20.6. The van der Waals surface area contributed by atoms with Crippen LogP contribution in [-0.2, 0) is 14.8 Å². The van der Waals surface area contributed by atoms with E-state index in [4.69, 9.17) is 11.6 Å². The third-order valence-electron chi connectivity index (χ3n) is 4.90. The lowest BCUT2D eigenvalue weighted by Crippen LogP contribution is -2.51. The first-order valence-corrected chi connectivity index (χ1v) is 11.1. The molecule has 1 saturated heterocycles. The standard InChI is InChI=1S/C20H24ClN3O3S/c1-2-22-12-14-23(15-13-22)20(25)16-24(18-10-8-17(21)9-11-18)28(26,27)19-6-4-3-5-7-19/h3-11H,2,12-16H2,1H3. The fraction of sp³-hybridized carbons (Fsp3) is 0.350. The molecule has 0 N–H and O–H groups in total. The molecule has 1 aliphatic rings. The monoisotopic (exact) mass is 421 g/mol. The van der Waals surface area contributed by atoms with Gasteiger partial charge in [0.2, 0.25) is 5.91 Å². The summed E-state index contributed by atoms with van der Waals surface area (Å²) in [7, 11) is -3.88. The van der Waals surface area contributed by atoms with Crippen LogP contribution in [0.3, 0.4) is 0 Å². The number of sulfonamides is 1. The minimum atomic E-state index is -3.88. The molecule has 0 aliphatic carbocycles. The number of rotatable bonds is 6. The Morgan fingerprint density at radius 3 is 2.18 bits per heavy atom. The van der Waals surface area contributed by atoms with Crippen LogP contribution in [0.1, 0.15) is 6.92 Å². The predicted molar refractivity (Wildman–Crippen MR) is 111 cm³/mol.